The Labute approximate surface area is 182 Å². The fourth-order valence-corrected chi connectivity index (χ4v) is 3.44. The summed E-state index contributed by atoms with van der Waals surface area (Å²) in [5.74, 6) is 0.919. The van der Waals surface area contributed by atoms with Crippen LogP contribution in [0.5, 0.6) is 11.5 Å². The van der Waals surface area contributed by atoms with Crippen LogP contribution in [0.25, 0.3) is 0 Å². The molecule has 0 saturated heterocycles. The summed E-state index contributed by atoms with van der Waals surface area (Å²) in [6.45, 7) is 8.31. The normalized spacial score (nSPS) is 12.8. The number of benzene rings is 2. The van der Waals surface area contributed by atoms with E-state index < -0.39 is 0 Å². The molecule has 7 nitrogen and oxygen atoms in total. The molecule has 0 fully saturated rings. The van der Waals surface area contributed by atoms with Gasteiger partial charge in [0.05, 0.1) is 12.3 Å². The molecule has 0 radical (unpaired) electrons. The molecule has 1 aliphatic heterocycles. The molecule has 1 heterocycles. The van der Waals surface area contributed by atoms with Crippen LogP contribution >= 0.6 is 0 Å². The number of ether oxygens (including phenoxy) is 3. The zero-order valence-electron chi connectivity index (χ0n) is 18.1. The van der Waals surface area contributed by atoms with E-state index in [9.17, 15) is 9.18 Å². The van der Waals surface area contributed by atoms with Gasteiger partial charge in [-0.2, -0.15) is 0 Å². The maximum Gasteiger partial charge on any atom is 0.319 e. The summed E-state index contributed by atoms with van der Waals surface area (Å²) in [6.07, 6.45) is 0.440. The third-order valence-corrected chi connectivity index (χ3v) is 5.13. The second kappa shape index (κ2) is 11.5. The number of urea groups is 1. The highest BCUT2D eigenvalue weighted by molar-refractivity contribution is 5.90. The number of hydrogen-bond acceptors (Lipinski definition) is 5. The van der Waals surface area contributed by atoms with Gasteiger partial charge < -0.3 is 29.7 Å². The van der Waals surface area contributed by atoms with Crippen LogP contribution in [0.2, 0.25) is 0 Å². The molecule has 0 aliphatic carbocycles. The van der Waals surface area contributed by atoms with Crippen molar-refractivity contribution in [2.24, 2.45) is 0 Å². The van der Waals surface area contributed by atoms with E-state index in [4.69, 9.17) is 14.2 Å². The zero-order valence-corrected chi connectivity index (χ0v) is 18.1. The van der Waals surface area contributed by atoms with Crippen LogP contribution in [0.15, 0.2) is 36.4 Å². The van der Waals surface area contributed by atoms with Gasteiger partial charge in [-0.05, 0) is 49.3 Å². The number of nitrogens with one attached hydrogen (secondary N) is 2. The van der Waals surface area contributed by atoms with Crippen molar-refractivity contribution in [3.63, 3.8) is 0 Å². The van der Waals surface area contributed by atoms with Gasteiger partial charge in [0.25, 0.3) is 0 Å². The molecule has 0 unspecified atom stereocenters. The zero-order chi connectivity index (χ0) is 22.1. The van der Waals surface area contributed by atoms with Crippen LogP contribution in [-0.4, -0.2) is 50.5 Å². The predicted octanol–water partition coefficient (Wildman–Crippen LogP) is 3.78. The minimum absolute atomic E-state index is 0.143. The molecular formula is C23H30FN3O4. The summed E-state index contributed by atoms with van der Waals surface area (Å²) in [4.78, 5) is 14.6. The Morgan fingerprint density at radius 3 is 2.84 bits per heavy atom. The smallest absolute Gasteiger partial charge is 0.319 e. The molecule has 31 heavy (non-hydrogen) atoms. The van der Waals surface area contributed by atoms with Gasteiger partial charge in [-0.15, -0.1) is 0 Å². The average Bonchev–Trinajstić information content (AvgIpc) is 2.77. The van der Waals surface area contributed by atoms with Crippen LogP contribution < -0.4 is 20.1 Å². The van der Waals surface area contributed by atoms with E-state index in [1.807, 2.05) is 18.2 Å². The molecule has 3 rings (SSSR count). The molecule has 168 valence electrons. The highest BCUT2D eigenvalue weighted by atomic mass is 19.1. The Morgan fingerprint density at radius 1 is 1.23 bits per heavy atom. The van der Waals surface area contributed by atoms with E-state index in [0.717, 1.165) is 19.6 Å². The number of para-hydroxylation sites is 2. The molecular weight excluding hydrogens is 401 g/mol. The summed E-state index contributed by atoms with van der Waals surface area (Å²) < 4.78 is 30.4. The minimum Gasteiger partial charge on any atom is -0.490 e. The number of hydrogen-bond donors (Lipinski definition) is 2. The first-order valence-electron chi connectivity index (χ1n) is 10.6. The molecule has 1 aliphatic rings. The van der Waals surface area contributed by atoms with Crippen molar-refractivity contribution in [3.8, 4) is 11.5 Å². The topological polar surface area (TPSA) is 72.1 Å². The van der Waals surface area contributed by atoms with Crippen LogP contribution in [0.4, 0.5) is 14.9 Å². The molecule has 0 spiro atoms. The van der Waals surface area contributed by atoms with Crippen LogP contribution in [-0.2, 0) is 17.8 Å². The van der Waals surface area contributed by atoms with Gasteiger partial charge in [-0.3, -0.25) is 0 Å². The van der Waals surface area contributed by atoms with Gasteiger partial charge in [0, 0.05) is 18.7 Å². The van der Waals surface area contributed by atoms with Gasteiger partial charge in [-0.1, -0.05) is 26.0 Å². The van der Waals surface area contributed by atoms with E-state index in [2.05, 4.69) is 29.4 Å². The molecule has 0 saturated carbocycles. The lowest BCUT2D eigenvalue weighted by Gasteiger charge is -2.21. The Balaban J connectivity index is 1.51. The van der Waals surface area contributed by atoms with E-state index in [-0.39, 0.29) is 18.6 Å². The summed E-state index contributed by atoms with van der Waals surface area (Å²) in [5.41, 5.74) is 1.99. The maximum atomic E-state index is 13.8. The van der Waals surface area contributed by atoms with Gasteiger partial charge in [0.15, 0.2) is 6.79 Å². The first-order valence-corrected chi connectivity index (χ1v) is 10.6. The molecule has 0 atom stereocenters. The average molecular weight is 432 g/mol. The molecule has 2 aromatic rings. The van der Waals surface area contributed by atoms with E-state index in [1.165, 1.54) is 12.1 Å². The monoisotopic (exact) mass is 431 g/mol. The number of amides is 2. The molecule has 2 amide bonds. The van der Waals surface area contributed by atoms with Crippen molar-refractivity contribution in [1.82, 2.24) is 10.2 Å². The lowest BCUT2D eigenvalue weighted by atomic mass is 10.1. The second-order valence-electron chi connectivity index (χ2n) is 7.17. The SMILES string of the molecule is CCN(CC)CCOc1ccccc1NC(=O)NCCc1cc(F)cc2c1OCOC2. The third kappa shape index (κ3) is 6.57. The summed E-state index contributed by atoms with van der Waals surface area (Å²) >= 11 is 0. The third-order valence-electron chi connectivity index (χ3n) is 5.13. The largest absolute Gasteiger partial charge is 0.490 e. The van der Waals surface area contributed by atoms with Gasteiger partial charge in [0.2, 0.25) is 0 Å². The molecule has 2 N–H and O–H groups in total. The number of anilines is 1. The Hall–Kier alpha value is -2.84. The van der Waals surface area contributed by atoms with E-state index >= 15 is 0 Å². The molecule has 0 bridgehead atoms. The van der Waals surface area contributed by atoms with Crippen molar-refractivity contribution in [1.29, 1.82) is 0 Å². The van der Waals surface area contributed by atoms with Gasteiger partial charge >= 0.3 is 6.03 Å². The van der Waals surface area contributed by atoms with Crippen molar-refractivity contribution >= 4 is 11.7 Å². The van der Waals surface area contributed by atoms with Crippen LogP contribution in [0, 0.1) is 5.82 Å². The van der Waals surface area contributed by atoms with Gasteiger partial charge in [0.1, 0.15) is 23.9 Å². The Kier molecular flexibility index (Phi) is 8.49. The summed E-state index contributed by atoms with van der Waals surface area (Å²) in [5, 5.41) is 5.63. The number of halogens is 1. The first-order chi connectivity index (χ1) is 15.1. The van der Waals surface area contributed by atoms with E-state index in [1.54, 1.807) is 6.07 Å². The molecule has 0 aromatic heterocycles. The molecule has 8 heteroatoms. The Morgan fingerprint density at radius 2 is 2.03 bits per heavy atom. The Bertz CT molecular complexity index is 874. The fraction of sp³-hybridized carbons (Fsp3) is 0.435. The number of rotatable bonds is 10. The lowest BCUT2D eigenvalue weighted by molar-refractivity contribution is -0.0172. The van der Waals surface area contributed by atoms with Crippen molar-refractivity contribution < 1.29 is 23.4 Å². The van der Waals surface area contributed by atoms with Crippen molar-refractivity contribution in [2.75, 3.05) is 44.9 Å². The number of nitrogens with zero attached hydrogens (tertiary/aromatic N) is 1. The highest BCUT2D eigenvalue weighted by Crippen LogP contribution is 2.29. The van der Waals surface area contributed by atoms with Gasteiger partial charge in [-0.25, -0.2) is 9.18 Å². The van der Waals surface area contributed by atoms with Crippen LogP contribution in [0.3, 0.4) is 0 Å². The number of likely N-dealkylation sites (N-methyl/N-ethyl adjacent to an activating group) is 1. The quantitative estimate of drug-likeness (QED) is 0.599. The van der Waals surface area contributed by atoms with Crippen LogP contribution in [0.1, 0.15) is 25.0 Å². The minimum atomic E-state index is -0.352. The lowest BCUT2D eigenvalue weighted by Crippen LogP contribution is -2.31. The maximum absolute atomic E-state index is 13.8. The highest BCUT2D eigenvalue weighted by Gasteiger charge is 2.17. The molecule has 2 aromatic carbocycles. The summed E-state index contributed by atoms with van der Waals surface area (Å²) in [7, 11) is 0. The number of fused-ring (bicyclic) bond motifs is 1. The number of carbonyl (C=O) groups is 1. The summed E-state index contributed by atoms with van der Waals surface area (Å²) in [6, 6.07) is 9.82. The fourth-order valence-electron chi connectivity index (χ4n) is 3.44. The first kappa shape index (κ1) is 22.8. The number of carbonyl (C=O) groups excluding carboxylic acids is 1. The standard InChI is InChI=1S/C23H30FN3O4/c1-3-27(4-2)11-12-30-21-8-6-5-7-20(21)26-23(28)25-10-9-17-13-19(24)14-18-15-29-16-31-22(17)18/h5-8,13-14H,3-4,9-12,15-16H2,1-2H3,(H2,25,26,28). The predicted molar refractivity (Wildman–Crippen MR) is 117 cm³/mol. The van der Waals surface area contributed by atoms with Crippen molar-refractivity contribution in [2.45, 2.75) is 26.9 Å². The second-order valence-corrected chi connectivity index (χ2v) is 7.17. The van der Waals surface area contributed by atoms with Crippen molar-refractivity contribution in [3.05, 3.63) is 53.3 Å². The van der Waals surface area contributed by atoms with E-state index in [0.29, 0.717) is 54.5 Å².